The summed E-state index contributed by atoms with van der Waals surface area (Å²) in [4.78, 5) is 15.4. The van der Waals surface area contributed by atoms with Crippen LogP contribution in [-0.2, 0) is 19.5 Å². The van der Waals surface area contributed by atoms with E-state index in [-0.39, 0.29) is 5.91 Å². The Labute approximate surface area is 206 Å². The first-order chi connectivity index (χ1) is 16.3. The van der Waals surface area contributed by atoms with Crippen LogP contribution in [0.2, 0.25) is 5.02 Å². The van der Waals surface area contributed by atoms with E-state index in [2.05, 4.69) is 42.2 Å². The van der Waals surface area contributed by atoms with Crippen molar-refractivity contribution in [3.63, 3.8) is 0 Å². The molecule has 0 radical (unpaired) electrons. The summed E-state index contributed by atoms with van der Waals surface area (Å²) in [5.41, 5.74) is 5.12. The number of rotatable bonds is 8. The van der Waals surface area contributed by atoms with E-state index in [0.29, 0.717) is 35.5 Å². The van der Waals surface area contributed by atoms with E-state index < -0.39 is 0 Å². The van der Waals surface area contributed by atoms with Gasteiger partial charge in [-0.1, -0.05) is 38.4 Å². The topological polar surface area (TPSA) is 59.4 Å². The third-order valence-corrected chi connectivity index (χ3v) is 6.38. The molecule has 0 bridgehead atoms. The monoisotopic (exact) mass is 480 g/mol. The summed E-state index contributed by atoms with van der Waals surface area (Å²) in [6, 6.07) is 13.5. The van der Waals surface area contributed by atoms with Crippen LogP contribution in [0, 0.1) is 12.8 Å². The normalized spacial score (nSPS) is 13.7. The van der Waals surface area contributed by atoms with Gasteiger partial charge >= 0.3 is 0 Å². The van der Waals surface area contributed by atoms with Gasteiger partial charge in [0.05, 0.1) is 13.2 Å². The van der Waals surface area contributed by atoms with Gasteiger partial charge in [0.2, 0.25) is 0 Å². The van der Waals surface area contributed by atoms with Gasteiger partial charge in [0.25, 0.3) is 5.91 Å². The number of benzene rings is 2. The third kappa shape index (κ3) is 5.80. The highest BCUT2D eigenvalue weighted by Gasteiger charge is 2.18. The SMILES string of the molecule is CCN1CCc2cc(C(=O)Nc3cc(C)n(Cc4cc(Cl)ccc4OCC(C)C)n3)ccc2C1. The van der Waals surface area contributed by atoms with Crippen molar-refractivity contribution in [1.29, 1.82) is 0 Å². The van der Waals surface area contributed by atoms with E-state index in [9.17, 15) is 4.79 Å². The molecule has 2 heterocycles. The Kier molecular flexibility index (Phi) is 7.59. The average molecular weight is 481 g/mol. The molecule has 34 heavy (non-hydrogen) atoms. The van der Waals surface area contributed by atoms with Gasteiger partial charge in [0, 0.05) is 41.0 Å². The highest BCUT2D eigenvalue weighted by atomic mass is 35.5. The summed E-state index contributed by atoms with van der Waals surface area (Å²) in [5, 5.41) is 8.24. The van der Waals surface area contributed by atoms with Crippen molar-refractivity contribution < 1.29 is 9.53 Å². The Balaban J connectivity index is 1.47. The molecule has 0 atom stereocenters. The molecule has 0 fully saturated rings. The summed E-state index contributed by atoms with van der Waals surface area (Å²) in [7, 11) is 0. The smallest absolute Gasteiger partial charge is 0.256 e. The Morgan fingerprint density at radius 1 is 1.18 bits per heavy atom. The lowest BCUT2D eigenvalue weighted by molar-refractivity contribution is 0.102. The zero-order valence-corrected chi connectivity index (χ0v) is 21.2. The lowest BCUT2D eigenvalue weighted by Gasteiger charge is -2.27. The van der Waals surface area contributed by atoms with Crippen LogP contribution in [0.15, 0.2) is 42.5 Å². The number of anilines is 1. The number of hydrogen-bond donors (Lipinski definition) is 1. The van der Waals surface area contributed by atoms with Crippen molar-refractivity contribution in [2.45, 2.75) is 47.2 Å². The van der Waals surface area contributed by atoms with Crippen LogP contribution < -0.4 is 10.1 Å². The van der Waals surface area contributed by atoms with Gasteiger partial charge in [-0.3, -0.25) is 14.4 Å². The van der Waals surface area contributed by atoms with Crippen LogP contribution >= 0.6 is 11.6 Å². The van der Waals surface area contributed by atoms with Gasteiger partial charge in [-0.25, -0.2) is 0 Å². The Morgan fingerprint density at radius 2 is 2.00 bits per heavy atom. The minimum atomic E-state index is -0.144. The molecular formula is C27H33ClN4O2. The number of amides is 1. The molecule has 6 nitrogen and oxygen atoms in total. The summed E-state index contributed by atoms with van der Waals surface area (Å²) in [6.45, 7) is 12.5. The molecule has 0 saturated heterocycles. The van der Waals surface area contributed by atoms with Gasteiger partial charge in [-0.05, 0) is 67.3 Å². The van der Waals surface area contributed by atoms with Gasteiger partial charge in [-0.15, -0.1) is 0 Å². The fourth-order valence-corrected chi connectivity index (χ4v) is 4.37. The predicted octanol–water partition coefficient (Wildman–Crippen LogP) is 5.56. The molecular weight excluding hydrogens is 448 g/mol. The maximum atomic E-state index is 12.9. The molecule has 1 aliphatic rings. The second-order valence-corrected chi connectivity index (χ2v) is 9.78. The number of fused-ring (bicyclic) bond motifs is 1. The molecule has 0 saturated carbocycles. The number of hydrogen-bond acceptors (Lipinski definition) is 4. The van der Waals surface area contributed by atoms with Crippen molar-refractivity contribution in [3.8, 4) is 5.75 Å². The first kappa shape index (κ1) is 24.3. The van der Waals surface area contributed by atoms with E-state index >= 15 is 0 Å². The molecule has 0 unspecified atom stereocenters. The first-order valence-corrected chi connectivity index (χ1v) is 12.3. The van der Waals surface area contributed by atoms with E-state index in [0.717, 1.165) is 43.1 Å². The molecule has 1 aromatic heterocycles. The minimum Gasteiger partial charge on any atom is -0.493 e. The number of ether oxygens (including phenoxy) is 1. The number of nitrogens with one attached hydrogen (secondary N) is 1. The van der Waals surface area contributed by atoms with Gasteiger partial charge in [0.1, 0.15) is 5.75 Å². The van der Waals surface area contributed by atoms with E-state index in [1.807, 2.05) is 48.0 Å². The van der Waals surface area contributed by atoms with Gasteiger partial charge < -0.3 is 10.1 Å². The molecule has 1 N–H and O–H groups in total. The van der Waals surface area contributed by atoms with Gasteiger partial charge in [0.15, 0.2) is 5.82 Å². The Hall–Kier alpha value is -2.83. The van der Waals surface area contributed by atoms with Crippen LogP contribution in [0.4, 0.5) is 5.82 Å². The molecule has 7 heteroatoms. The van der Waals surface area contributed by atoms with Gasteiger partial charge in [-0.2, -0.15) is 5.10 Å². The highest BCUT2D eigenvalue weighted by molar-refractivity contribution is 6.30. The third-order valence-electron chi connectivity index (χ3n) is 6.14. The zero-order chi connectivity index (χ0) is 24.2. The predicted molar refractivity (Wildman–Crippen MR) is 137 cm³/mol. The minimum absolute atomic E-state index is 0.144. The molecule has 180 valence electrons. The number of aromatic nitrogens is 2. The summed E-state index contributed by atoms with van der Waals surface area (Å²) in [6.07, 6.45) is 0.971. The van der Waals surface area contributed by atoms with Crippen molar-refractivity contribution in [2.24, 2.45) is 5.92 Å². The van der Waals surface area contributed by atoms with Crippen molar-refractivity contribution in [3.05, 3.63) is 75.4 Å². The molecule has 4 rings (SSSR count). The number of carbonyl (C=O) groups excluding carboxylic acids is 1. The van der Waals surface area contributed by atoms with Crippen LogP contribution in [0.25, 0.3) is 0 Å². The lowest BCUT2D eigenvalue weighted by atomic mass is 9.97. The second-order valence-electron chi connectivity index (χ2n) is 9.34. The molecule has 1 aliphatic heterocycles. The summed E-state index contributed by atoms with van der Waals surface area (Å²) < 4.78 is 7.84. The molecule has 3 aromatic rings. The highest BCUT2D eigenvalue weighted by Crippen LogP contribution is 2.26. The van der Waals surface area contributed by atoms with Crippen LogP contribution in [0.3, 0.4) is 0 Å². The fourth-order valence-electron chi connectivity index (χ4n) is 4.17. The Morgan fingerprint density at radius 3 is 2.76 bits per heavy atom. The quantitative estimate of drug-likeness (QED) is 0.458. The fraction of sp³-hybridized carbons (Fsp3) is 0.407. The van der Waals surface area contributed by atoms with Crippen LogP contribution in [0.5, 0.6) is 5.75 Å². The summed E-state index contributed by atoms with van der Waals surface area (Å²) >= 11 is 6.25. The van der Waals surface area contributed by atoms with Crippen molar-refractivity contribution in [2.75, 3.05) is 25.0 Å². The lowest BCUT2D eigenvalue weighted by Crippen LogP contribution is -2.30. The largest absolute Gasteiger partial charge is 0.493 e. The maximum absolute atomic E-state index is 12.9. The number of carbonyl (C=O) groups is 1. The molecule has 1 amide bonds. The summed E-state index contributed by atoms with van der Waals surface area (Å²) in [5.74, 6) is 1.61. The number of nitrogens with zero attached hydrogens (tertiary/aromatic N) is 3. The molecule has 0 spiro atoms. The Bertz CT molecular complexity index is 1170. The maximum Gasteiger partial charge on any atom is 0.256 e. The number of likely N-dealkylation sites (N-methyl/N-ethyl adjacent to an activating group) is 1. The molecule has 0 aliphatic carbocycles. The first-order valence-electron chi connectivity index (χ1n) is 11.9. The van der Waals surface area contributed by atoms with Crippen LogP contribution in [0.1, 0.15) is 53.5 Å². The molecule has 2 aromatic carbocycles. The standard InChI is InChI=1S/C27H33ClN4O2/c1-5-31-11-10-20-13-21(6-7-22(20)15-31)27(33)29-26-12-19(4)32(30-26)16-23-14-24(28)8-9-25(23)34-17-18(2)3/h6-9,12-14,18H,5,10-11,15-17H2,1-4H3,(H,29,30,33). The van der Waals surface area contributed by atoms with E-state index in [1.165, 1.54) is 11.1 Å². The van der Waals surface area contributed by atoms with Crippen LogP contribution in [-0.4, -0.2) is 40.3 Å². The number of aryl methyl sites for hydroxylation is 1. The van der Waals surface area contributed by atoms with Crippen molar-refractivity contribution >= 4 is 23.3 Å². The zero-order valence-electron chi connectivity index (χ0n) is 20.4. The number of halogens is 1. The van der Waals surface area contributed by atoms with E-state index in [4.69, 9.17) is 16.3 Å². The second kappa shape index (κ2) is 10.6. The van der Waals surface area contributed by atoms with Crippen molar-refractivity contribution in [1.82, 2.24) is 14.7 Å². The van der Waals surface area contributed by atoms with E-state index in [1.54, 1.807) is 0 Å². The average Bonchev–Trinajstić information content (AvgIpc) is 3.15.